The third kappa shape index (κ3) is 5.65. The van der Waals surface area contributed by atoms with Crippen molar-refractivity contribution in [2.24, 2.45) is 0 Å². The zero-order valence-electron chi connectivity index (χ0n) is 17.1. The minimum Gasteiger partial charge on any atom is -0.353 e. The number of benzene rings is 2. The van der Waals surface area contributed by atoms with Crippen LogP contribution >= 0.6 is 0 Å². The number of nitrogens with one attached hydrogen (secondary N) is 2. The molecule has 0 aliphatic carbocycles. The van der Waals surface area contributed by atoms with E-state index in [4.69, 9.17) is 0 Å². The summed E-state index contributed by atoms with van der Waals surface area (Å²) in [6.07, 6.45) is 2.25. The Morgan fingerprint density at radius 2 is 1.87 bits per heavy atom. The number of sulfonamides is 1. The van der Waals surface area contributed by atoms with Crippen molar-refractivity contribution in [1.29, 1.82) is 0 Å². The summed E-state index contributed by atoms with van der Waals surface area (Å²) in [5.41, 5.74) is 0.810. The predicted octanol–water partition coefficient (Wildman–Crippen LogP) is 2.32. The smallest absolute Gasteiger partial charge is 0.244 e. The first kappa shape index (κ1) is 22.4. The fourth-order valence-corrected chi connectivity index (χ4v) is 5.11. The number of carbonyl (C=O) groups is 1. The van der Waals surface area contributed by atoms with Crippen LogP contribution in [0.15, 0.2) is 59.5 Å². The van der Waals surface area contributed by atoms with E-state index in [2.05, 4.69) is 21.9 Å². The molecule has 1 saturated heterocycles. The van der Waals surface area contributed by atoms with Crippen molar-refractivity contribution in [3.8, 4) is 0 Å². The molecule has 2 aromatic rings. The molecule has 0 aromatic heterocycles. The largest absolute Gasteiger partial charge is 0.353 e. The van der Waals surface area contributed by atoms with Crippen LogP contribution in [-0.2, 0) is 21.2 Å². The summed E-state index contributed by atoms with van der Waals surface area (Å²) in [4.78, 5) is 14.8. The topological polar surface area (TPSA) is 78.5 Å². The number of nitrogens with zero attached hydrogens (tertiary/aromatic N) is 1. The van der Waals surface area contributed by atoms with Crippen molar-refractivity contribution in [2.45, 2.75) is 43.2 Å². The number of rotatable bonds is 9. The molecule has 0 bridgehead atoms. The number of amides is 1. The summed E-state index contributed by atoms with van der Waals surface area (Å²) in [5, 5.41) is 2.90. The monoisotopic (exact) mass is 433 g/mol. The Kier molecular flexibility index (Phi) is 7.58. The molecule has 1 aliphatic rings. The van der Waals surface area contributed by atoms with Gasteiger partial charge in [-0.25, -0.2) is 12.8 Å². The van der Waals surface area contributed by atoms with Crippen LogP contribution < -0.4 is 10.0 Å². The lowest BCUT2D eigenvalue weighted by atomic mass is 10.1. The second-order valence-electron chi connectivity index (χ2n) is 7.46. The van der Waals surface area contributed by atoms with E-state index in [1.807, 2.05) is 30.3 Å². The number of halogens is 1. The Morgan fingerprint density at radius 1 is 1.17 bits per heavy atom. The summed E-state index contributed by atoms with van der Waals surface area (Å²) in [7, 11) is -4.20. The van der Waals surface area contributed by atoms with E-state index < -0.39 is 32.7 Å². The van der Waals surface area contributed by atoms with Crippen molar-refractivity contribution >= 4 is 15.9 Å². The molecule has 0 spiro atoms. The van der Waals surface area contributed by atoms with E-state index in [0.717, 1.165) is 37.6 Å². The molecule has 2 atom stereocenters. The predicted molar refractivity (Wildman–Crippen MR) is 114 cm³/mol. The van der Waals surface area contributed by atoms with Crippen LogP contribution in [0.4, 0.5) is 4.39 Å². The number of likely N-dealkylation sites (N-methyl/N-ethyl adjacent to an activating group) is 1. The van der Waals surface area contributed by atoms with E-state index in [9.17, 15) is 17.6 Å². The van der Waals surface area contributed by atoms with E-state index in [1.165, 1.54) is 18.2 Å². The van der Waals surface area contributed by atoms with Crippen molar-refractivity contribution in [3.05, 3.63) is 66.0 Å². The minimum absolute atomic E-state index is 0.169. The van der Waals surface area contributed by atoms with Gasteiger partial charge in [-0.1, -0.05) is 49.4 Å². The lowest BCUT2D eigenvalue weighted by Gasteiger charge is -2.25. The molecule has 0 saturated carbocycles. The van der Waals surface area contributed by atoms with Crippen LogP contribution in [0.1, 0.15) is 25.3 Å². The first-order valence-corrected chi connectivity index (χ1v) is 11.7. The molecular weight excluding hydrogens is 405 g/mol. The second-order valence-corrected chi connectivity index (χ2v) is 9.15. The molecule has 162 valence electrons. The summed E-state index contributed by atoms with van der Waals surface area (Å²) < 4.78 is 42.0. The molecule has 8 heteroatoms. The van der Waals surface area contributed by atoms with Crippen molar-refractivity contribution in [1.82, 2.24) is 14.9 Å². The quantitative estimate of drug-likeness (QED) is 0.636. The molecule has 30 heavy (non-hydrogen) atoms. The van der Waals surface area contributed by atoms with Gasteiger partial charge in [0, 0.05) is 12.6 Å². The van der Waals surface area contributed by atoms with Gasteiger partial charge in [-0.15, -0.1) is 0 Å². The third-order valence-electron chi connectivity index (χ3n) is 5.44. The number of hydrogen-bond donors (Lipinski definition) is 2. The summed E-state index contributed by atoms with van der Waals surface area (Å²) in [6.45, 7) is 4.46. The van der Waals surface area contributed by atoms with E-state index in [0.29, 0.717) is 6.54 Å². The Morgan fingerprint density at radius 3 is 2.57 bits per heavy atom. The van der Waals surface area contributed by atoms with Gasteiger partial charge < -0.3 is 5.32 Å². The normalized spacial score (nSPS) is 18.3. The molecule has 2 aromatic carbocycles. The fraction of sp³-hybridized carbons (Fsp3) is 0.409. The van der Waals surface area contributed by atoms with Gasteiger partial charge in [0.05, 0.1) is 0 Å². The average Bonchev–Trinajstić information content (AvgIpc) is 3.20. The van der Waals surface area contributed by atoms with Gasteiger partial charge in [-0.2, -0.15) is 4.72 Å². The highest BCUT2D eigenvalue weighted by Gasteiger charge is 2.29. The van der Waals surface area contributed by atoms with Crippen LogP contribution in [-0.4, -0.2) is 50.9 Å². The molecule has 2 N–H and O–H groups in total. The van der Waals surface area contributed by atoms with Gasteiger partial charge in [0.1, 0.15) is 16.8 Å². The Labute approximate surface area is 177 Å². The van der Waals surface area contributed by atoms with Crippen LogP contribution in [0, 0.1) is 5.82 Å². The van der Waals surface area contributed by atoms with Gasteiger partial charge in [0.25, 0.3) is 0 Å². The van der Waals surface area contributed by atoms with Crippen LogP contribution in [0.2, 0.25) is 0 Å². The highest BCUT2D eigenvalue weighted by atomic mass is 32.2. The molecule has 6 nitrogen and oxygen atoms in total. The maximum Gasteiger partial charge on any atom is 0.244 e. The molecule has 2 unspecified atom stereocenters. The molecule has 3 rings (SSSR count). The van der Waals surface area contributed by atoms with Gasteiger partial charge in [-0.05, 0) is 50.0 Å². The Hall–Kier alpha value is -2.29. The molecule has 1 amide bonds. The number of hydrogen-bond acceptors (Lipinski definition) is 4. The summed E-state index contributed by atoms with van der Waals surface area (Å²) >= 11 is 0. The van der Waals surface area contributed by atoms with Gasteiger partial charge in [0.2, 0.25) is 15.9 Å². The van der Waals surface area contributed by atoms with Crippen LogP contribution in [0.3, 0.4) is 0 Å². The van der Waals surface area contributed by atoms with E-state index >= 15 is 0 Å². The summed E-state index contributed by atoms with van der Waals surface area (Å²) in [6, 6.07) is 13.5. The van der Waals surface area contributed by atoms with Crippen molar-refractivity contribution < 1.29 is 17.6 Å². The standard InChI is InChI=1S/C22H28FN3O3S/c1-2-26-14-8-11-18(26)16-24-22(27)20(15-17-9-4-3-5-10-17)25-30(28,29)21-13-7-6-12-19(21)23/h3-7,9-10,12-13,18,20,25H,2,8,11,14-16H2,1H3,(H,24,27). The number of likely N-dealkylation sites (tertiary alicyclic amines) is 1. The zero-order valence-corrected chi connectivity index (χ0v) is 17.9. The summed E-state index contributed by atoms with van der Waals surface area (Å²) in [5.74, 6) is -1.27. The lowest BCUT2D eigenvalue weighted by Crippen LogP contribution is -2.50. The maximum absolute atomic E-state index is 14.1. The van der Waals surface area contributed by atoms with E-state index in [-0.39, 0.29) is 12.5 Å². The second kappa shape index (κ2) is 10.1. The molecular formula is C22H28FN3O3S. The molecule has 1 aliphatic heterocycles. The molecule has 0 radical (unpaired) electrons. The Bertz CT molecular complexity index is 953. The first-order chi connectivity index (χ1) is 14.4. The van der Waals surface area contributed by atoms with Gasteiger partial charge in [-0.3, -0.25) is 9.69 Å². The van der Waals surface area contributed by atoms with Crippen molar-refractivity contribution in [2.75, 3.05) is 19.6 Å². The number of carbonyl (C=O) groups excluding carboxylic acids is 1. The molecule has 1 heterocycles. The Balaban J connectivity index is 1.76. The third-order valence-corrected chi connectivity index (χ3v) is 6.94. The highest BCUT2D eigenvalue weighted by molar-refractivity contribution is 7.89. The average molecular weight is 434 g/mol. The zero-order chi connectivity index (χ0) is 21.6. The van der Waals surface area contributed by atoms with Gasteiger partial charge >= 0.3 is 0 Å². The van der Waals surface area contributed by atoms with E-state index in [1.54, 1.807) is 0 Å². The fourth-order valence-electron chi connectivity index (χ4n) is 3.84. The molecule has 1 fully saturated rings. The highest BCUT2D eigenvalue weighted by Crippen LogP contribution is 2.17. The minimum atomic E-state index is -4.20. The maximum atomic E-state index is 14.1. The van der Waals surface area contributed by atoms with Crippen LogP contribution in [0.25, 0.3) is 0 Å². The SMILES string of the molecule is CCN1CCCC1CNC(=O)C(Cc1ccccc1)NS(=O)(=O)c1ccccc1F. The lowest BCUT2D eigenvalue weighted by molar-refractivity contribution is -0.122. The first-order valence-electron chi connectivity index (χ1n) is 10.2. The van der Waals surface area contributed by atoms with Crippen molar-refractivity contribution in [3.63, 3.8) is 0 Å². The van der Waals surface area contributed by atoms with Crippen LogP contribution in [0.5, 0.6) is 0 Å². The van der Waals surface area contributed by atoms with Gasteiger partial charge in [0.15, 0.2) is 0 Å².